The fourth-order valence-corrected chi connectivity index (χ4v) is 3.98. The molecular weight excluding hydrogens is 337 g/mol. The minimum atomic E-state index is -0.103. The monoisotopic (exact) mass is 363 g/mol. The highest BCUT2D eigenvalue weighted by molar-refractivity contribution is 5.78. The van der Waals surface area contributed by atoms with Gasteiger partial charge in [0.25, 0.3) is 0 Å². The molecule has 1 atom stereocenters. The summed E-state index contributed by atoms with van der Waals surface area (Å²) in [4.78, 5) is 9.57. The lowest BCUT2D eigenvalue weighted by atomic mass is 10.0. The molecule has 4 heteroatoms. The van der Waals surface area contributed by atoms with Crippen molar-refractivity contribution in [3.8, 4) is 0 Å². The first-order valence-electron chi connectivity index (χ1n) is 9.70. The van der Waals surface area contributed by atoms with Gasteiger partial charge in [-0.3, -0.25) is 14.8 Å². The van der Waals surface area contributed by atoms with Gasteiger partial charge in [0.2, 0.25) is 0 Å². The Morgan fingerprint density at radius 2 is 1.89 bits per heavy atom. The van der Waals surface area contributed by atoms with Gasteiger partial charge < -0.3 is 0 Å². The fraction of sp³-hybridized carbons (Fsp3) is 0.348. The van der Waals surface area contributed by atoms with E-state index < -0.39 is 0 Å². The van der Waals surface area contributed by atoms with Crippen LogP contribution in [0.5, 0.6) is 0 Å². The van der Waals surface area contributed by atoms with Gasteiger partial charge in [-0.1, -0.05) is 42.5 Å². The molecule has 0 saturated carbocycles. The Balaban J connectivity index is 1.40. The molecule has 2 heterocycles. The smallest absolute Gasteiger partial charge is 0.127 e. The lowest BCUT2D eigenvalue weighted by molar-refractivity contribution is 0.105. The lowest BCUT2D eigenvalue weighted by Crippen LogP contribution is -2.45. The minimum absolute atomic E-state index is 0.103. The predicted molar refractivity (Wildman–Crippen MR) is 108 cm³/mol. The first-order valence-corrected chi connectivity index (χ1v) is 9.70. The highest BCUT2D eigenvalue weighted by Crippen LogP contribution is 2.20. The number of benzene rings is 2. The van der Waals surface area contributed by atoms with E-state index in [9.17, 15) is 4.39 Å². The van der Waals surface area contributed by atoms with E-state index in [0.29, 0.717) is 12.6 Å². The van der Waals surface area contributed by atoms with Crippen LogP contribution in [0, 0.1) is 5.82 Å². The zero-order chi connectivity index (χ0) is 18.6. The van der Waals surface area contributed by atoms with E-state index in [0.717, 1.165) is 42.8 Å². The molecule has 1 aliphatic heterocycles. The Bertz CT molecular complexity index is 911. The predicted octanol–water partition coefficient (Wildman–Crippen LogP) is 4.47. The molecule has 4 rings (SSSR count). The number of rotatable bonds is 5. The number of nitrogens with zero attached hydrogens (tertiary/aromatic N) is 3. The van der Waals surface area contributed by atoms with Crippen molar-refractivity contribution >= 4 is 10.9 Å². The number of pyridine rings is 1. The van der Waals surface area contributed by atoms with Crippen molar-refractivity contribution in [1.82, 2.24) is 14.8 Å². The van der Waals surface area contributed by atoms with Gasteiger partial charge in [0.1, 0.15) is 5.82 Å². The van der Waals surface area contributed by atoms with Crippen LogP contribution in [0.3, 0.4) is 0 Å². The molecule has 0 aliphatic carbocycles. The second kappa shape index (κ2) is 8.15. The number of halogens is 1. The van der Waals surface area contributed by atoms with Gasteiger partial charge in [-0.15, -0.1) is 0 Å². The van der Waals surface area contributed by atoms with Crippen molar-refractivity contribution in [3.63, 3.8) is 0 Å². The summed E-state index contributed by atoms with van der Waals surface area (Å²) in [6.45, 7) is 3.53. The maximum Gasteiger partial charge on any atom is 0.127 e. The van der Waals surface area contributed by atoms with Crippen LogP contribution in [0.25, 0.3) is 10.9 Å². The van der Waals surface area contributed by atoms with Crippen LogP contribution in [0.1, 0.15) is 24.1 Å². The van der Waals surface area contributed by atoms with E-state index in [1.54, 1.807) is 12.1 Å². The summed E-state index contributed by atoms with van der Waals surface area (Å²) in [5, 5.41) is 1.18. The summed E-state index contributed by atoms with van der Waals surface area (Å²) < 4.78 is 14.0. The maximum atomic E-state index is 14.0. The molecule has 140 valence electrons. The lowest BCUT2D eigenvalue weighted by Gasteiger charge is -2.37. The second-order valence-electron chi connectivity index (χ2n) is 7.53. The number of aromatic nitrogens is 1. The summed E-state index contributed by atoms with van der Waals surface area (Å²) in [5.41, 5.74) is 2.94. The SMILES string of the molecule is CN(Cc1ccc2ccccc2n1)C1CCCN(Cc2ccccc2F)C1. The maximum absolute atomic E-state index is 14.0. The summed E-state index contributed by atoms with van der Waals surface area (Å²) >= 11 is 0. The molecule has 1 unspecified atom stereocenters. The number of hydrogen-bond acceptors (Lipinski definition) is 3. The summed E-state index contributed by atoms with van der Waals surface area (Å²) in [6.07, 6.45) is 2.33. The van der Waals surface area contributed by atoms with Crippen LogP contribution in [0.15, 0.2) is 60.7 Å². The molecule has 2 aromatic carbocycles. The quantitative estimate of drug-likeness (QED) is 0.667. The van der Waals surface area contributed by atoms with E-state index in [4.69, 9.17) is 4.98 Å². The van der Waals surface area contributed by atoms with E-state index in [1.165, 1.54) is 11.8 Å². The zero-order valence-electron chi connectivity index (χ0n) is 15.8. The van der Waals surface area contributed by atoms with E-state index >= 15 is 0 Å². The molecule has 1 saturated heterocycles. The minimum Gasteiger partial charge on any atom is -0.297 e. The van der Waals surface area contributed by atoms with Crippen molar-refractivity contribution in [3.05, 3.63) is 77.7 Å². The Morgan fingerprint density at radius 3 is 2.78 bits per heavy atom. The molecule has 1 fully saturated rings. The van der Waals surface area contributed by atoms with Gasteiger partial charge in [0.05, 0.1) is 11.2 Å². The van der Waals surface area contributed by atoms with Gasteiger partial charge in [-0.25, -0.2) is 4.39 Å². The zero-order valence-corrected chi connectivity index (χ0v) is 15.8. The number of para-hydroxylation sites is 1. The third-order valence-corrected chi connectivity index (χ3v) is 5.52. The Kier molecular flexibility index (Phi) is 5.46. The molecule has 0 spiro atoms. The van der Waals surface area contributed by atoms with E-state index in [1.807, 2.05) is 24.3 Å². The standard InChI is InChI=1S/C23H26FN3/c1-26(16-20-13-12-18-7-3-5-11-23(18)25-20)21-9-6-14-27(17-21)15-19-8-2-4-10-22(19)24/h2-5,7-8,10-13,21H,6,9,14-17H2,1H3. The Labute approximate surface area is 160 Å². The molecule has 0 bridgehead atoms. The third kappa shape index (κ3) is 4.34. The molecule has 0 N–H and O–H groups in total. The molecule has 0 radical (unpaired) electrons. The number of hydrogen-bond donors (Lipinski definition) is 0. The van der Waals surface area contributed by atoms with Crippen molar-refractivity contribution in [2.24, 2.45) is 0 Å². The largest absolute Gasteiger partial charge is 0.297 e. The average molecular weight is 363 g/mol. The second-order valence-corrected chi connectivity index (χ2v) is 7.53. The van der Waals surface area contributed by atoms with E-state index in [-0.39, 0.29) is 5.82 Å². The number of piperidine rings is 1. The van der Waals surface area contributed by atoms with Crippen LogP contribution in [0.4, 0.5) is 4.39 Å². The molecule has 0 amide bonds. The summed E-state index contributed by atoms with van der Waals surface area (Å²) in [5.74, 6) is -0.103. The van der Waals surface area contributed by atoms with Crippen molar-refractivity contribution in [2.45, 2.75) is 32.0 Å². The van der Waals surface area contributed by atoms with Gasteiger partial charge in [-0.05, 0) is 44.6 Å². The Hall–Kier alpha value is -2.30. The van der Waals surface area contributed by atoms with Crippen molar-refractivity contribution in [2.75, 3.05) is 20.1 Å². The topological polar surface area (TPSA) is 19.4 Å². The number of likely N-dealkylation sites (N-methyl/N-ethyl adjacent to an activating group) is 1. The van der Waals surface area contributed by atoms with Crippen LogP contribution in [-0.4, -0.2) is 41.0 Å². The number of fused-ring (bicyclic) bond motifs is 1. The van der Waals surface area contributed by atoms with Crippen LogP contribution < -0.4 is 0 Å². The first-order chi connectivity index (χ1) is 13.2. The van der Waals surface area contributed by atoms with Crippen molar-refractivity contribution < 1.29 is 4.39 Å². The average Bonchev–Trinajstić information content (AvgIpc) is 2.70. The van der Waals surface area contributed by atoms with E-state index in [2.05, 4.69) is 41.1 Å². The molecule has 1 aromatic heterocycles. The van der Waals surface area contributed by atoms with Crippen LogP contribution in [-0.2, 0) is 13.1 Å². The van der Waals surface area contributed by atoms with Gasteiger partial charge in [0, 0.05) is 36.6 Å². The third-order valence-electron chi connectivity index (χ3n) is 5.52. The van der Waals surface area contributed by atoms with Gasteiger partial charge in [0.15, 0.2) is 0 Å². The van der Waals surface area contributed by atoms with Crippen LogP contribution in [0.2, 0.25) is 0 Å². The molecule has 27 heavy (non-hydrogen) atoms. The first kappa shape index (κ1) is 18.1. The molecule has 3 aromatic rings. The highest BCUT2D eigenvalue weighted by Gasteiger charge is 2.24. The summed E-state index contributed by atoms with van der Waals surface area (Å²) in [7, 11) is 2.17. The summed E-state index contributed by atoms with van der Waals surface area (Å²) in [6, 6.07) is 20.1. The normalized spacial score (nSPS) is 18.3. The van der Waals surface area contributed by atoms with Crippen molar-refractivity contribution in [1.29, 1.82) is 0 Å². The van der Waals surface area contributed by atoms with Gasteiger partial charge >= 0.3 is 0 Å². The molecule has 1 aliphatic rings. The molecule has 3 nitrogen and oxygen atoms in total. The highest BCUT2D eigenvalue weighted by atomic mass is 19.1. The van der Waals surface area contributed by atoms with Crippen LogP contribution >= 0.6 is 0 Å². The van der Waals surface area contributed by atoms with Gasteiger partial charge in [-0.2, -0.15) is 0 Å². The fourth-order valence-electron chi connectivity index (χ4n) is 3.98. The molecular formula is C23H26FN3. The Morgan fingerprint density at radius 1 is 1.07 bits per heavy atom. The number of likely N-dealkylation sites (tertiary alicyclic amines) is 1.